The molecule has 0 bridgehead atoms. The summed E-state index contributed by atoms with van der Waals surface area (Å²) in [6, 6.07) is 4.09. The number of nitrogens with zero attached hydrogens (tertiary/aromatic N) is 1. The molecule has 25 heavy (non-hydrogen) atoms. The van der Waals surface area contributed by atoms with Gasteiger partial charge in [-0.05, 0) is 36.5 Å². The van der Waals surface area contributed by atoms with Gasteiger partial charge in [0.15, 0.2) is 0 Å². The zero-order chi connectivity index (χ0) is 18.3. The fourth-order valence-corrected chi connectivity index (χ4v) is 4.57. The number of unbranched alkanes of at least 4 members (excludes halogenated alkanes) is 8. The molecule has 0 aliphatic carbocycles. The Hall–Kier alpha value is -0.260. The van der Waals surface area contributed by atoms with E-state index in [1.807, 2.05) is 35.7 Å². The van der Waals surface area contributed by atoms with E-state index in [-0.39, 0.29) is 0 Å². The highest BCUT2D eigenvalue weighted by atomic mass is 32.2. The summed E-state index contributed by atoms with van der Waals surface area (Å²) >= 11 is 8.85. The Balaban J connectivity index is 2.45. The van der Waals surface area contributed by atoms with Crippen molar-refractivity contribution in [2.75, 3.05) is 11.5 Å². The summed E-state index contributed by atoms with van der Waals surface area (Å²) in [6.45, 7) is 4.51. The number of thioether (sulfide) groups is 2. The Morgan fingerprint density at radius 3 is 1.68 bits per heavy atom. The van der Waals surface area contributed by atoms with Crippen LogP contribution in [0.3, 0.4) is 0 Å². The van der Waals surface area contributed by atoms with Gasteiger partial charge in [-0.2, -0.15) is 0 Å². The van der Waals surface area contributed by atoms with Gasteiger partial charge in [-0.15, -0.1) is 23.5 Å². The molecule has 1 rings (SSSR count). The topological polar surface area (TPSA) is 38.9 Å². The summed E-state index contributed by atoms with van der Waals surface area (Å²) in [4.78, 5) is 5.26. The first-order valence-electron chi connectivity index (χ1n) is 9.74. The van der Waals surface area contributed by atoms with Gasteiger partial charge >= 0.3 is 0 Å². The molecule has 0 saturated heterocycles. The fourth-order valence-electron chi connectivity index (χ4n) is 2.54. The van der Waals surface area contributed by atoms with Crippen molar-refractivity contribution in [3.8, 4) is 0 Å². The molecule has 5 heteroatoms. The van der Waals surface area contributed by atoms with Crippen molar-refractivity contribution in [1.82, 2.24) is 4.98 Å². The van der Waals surface area contributed by atoms with E-state index >= 15 is 0 Å². The summed E-state index contributed by atoms with van der Waals surface area (Å²) in [5.74, 6) is 2.25. The quantitative estimate of drug-likeness (QED) is 0.199. The van der Waals surface area contributed by atoms with Gasteiger partial charge in [-0.3, -0.25) is 0 Å². The molecule has 2 nitrogen and oxygen atoms in total. The van der Waals surface area contributed by atoms with Crippen LogP contribution >= 0.6 is 35.7 Å². The van der Waals surface area contributed by atoms with Crippen molar-refractivity contribution in [2.24, 2.45) is 5.73 Å². The lowest BCUT2D eigenvalue weighted by Crippen LogP contribution is -2.10. The van der Waals surface area contributed by atoms with Crippen LogP contribution in [0.1, 0.15) is 83.6 Å². The number of thiocarbonyl (C=S) groups is 1. The van der Waals surface area contributed by atoms with Gasteiger partial charge in [-0.1, -0.05) is 77.4 Å². The molecule has 0 aliphatic rings. The number of nitrogens with two attached hydrogens (primary N) is 1. The summed E-state index contributed by atoms with van der Waals surface area (Å²) < 4.78 is 0. The van der Waals surface area contributed by atoms with E-state index in [2.05, 4.69) is 13.8 Å². The summed E-state index contributed by atoms with van der Waals surface area (Å²) in [6.07, 6.45) is 13.1. The Bertz CT molecular complexity index is 458. The van der Waals surface area contributed by atoms with Gasteiger partial charge < -0.3 is 5.73 Å². The average Bonchev–Trinajstić information content (AvgIpc) is 2.61. The molecule has 0 radical (unpaired) electrons. The van der Waals surface area contributed by atoms with Crippen LogP contribution in [0.25, 0.3) is 0 Å². The molecule has 0 amide bonds. The molecule has 0 atom stereocenters. The monoisotopic (exact) mass is 398 g/mol. The SMILES string of the molecule is CCCCCCCSc1cc(C(N)=S)cc(SCCCCCCC)n1. The Morgan fingerprint density at radius 2 is 1.28 bits per heavy atom. The second-order valence-corrected chi connectivity index (χ2v) is 9.09. The van der Waals surface area contributed by atoms with Crippen LogP contribution in [-0.2, 0) is 0 Å². The maximum absolute atomic E-state index is 5.86. The highest BCUT2D eigenvalue weighted by Crippen LogP contribution is 2.25. The van der Waals surface area contributed by atoms with Crippen molar-refractivity contribution < 1.29 is 0 Å². The number of rotatable bonds is 15. The lowest BCUT2D eigenvalue weighted by atomic mass is 10.2. The molecule has 1 heterocycles. The highest BCUT2D eigenvalue weighted by molar-refractivity contribution is 7.99. The third kappa shape index (κ3) is 11.1. The molecule has 0 aromatic carbocycles. The van der Waals surface area contributed by atoms with Gasteiger partial charge in [0.25, 0.3) is 0 Å². The largest absolute Gasteiger partial charge is 0.389 e. The average molecular weight is 399 g/mol. The van der Waals surface area contributed by atoms with Gasteiger partial charge in [-0.25, -0.2) is 4.98 Å². The first kappa shape index (κ1) is 22.8. The minimum atomic E-state index is 0.469. The maximum atomic E-state index is 5.86. The third-order valence-electron chi connectivity index (χ3n) is 4.06. The number of hydrogen-bond donors (Lipinski definition) is 1. The van der Waals surface area contributed by atoms with E-state index in [1.165, 1.54) is 64.2 Å². The van der Waals surface area contributed by atoms with Gasteiger partial charge in [0, 0.05) is 5.56 Å². The lowest BCUT2D eigenvalue weighted by molar-refractivity contribution is 0.659. The second-order valence-electron chi connectivity index (χ2n) is 6.42. The first-order chi connectivity index (χ1) is 12.2. The van der Waals surface area contributed by atoms with E-state index in [0.717, 1.165) is 27.1 Å². The van der Waals surface area contributed by atoms with Crippen molar-refractivity contribution in [3.63, 3.8) is 0 Å². The van der Waals surface area contributed by atoms with Crippen molar-refractivity contribution in [3.05, 3.63) is 17.7 Å². The standard InChI is InChI=1S/C20H34N2S3/c1-3-5-7-9-11-13-24-18-15-17(20(21)23)16-19(22-18)25-14-12-10-8-6-4-2/h15-16H,3-14H2,1-2H3,(H2,21,23). The third-order valence-corrected chi connectivity index (χ3v) is 6.29. The molecule has 1 aromatic rings. The number of aromatic nitrogens is 1. The van der Waals surface area contributed by atoms with Crippen molar-refractivity contribution in [1.29, 1.82) is 0 Å². The van der Waals surface area contributed by atoms with Crippen LogP contribution in [0.4, 0.5) is 0 Å². The van der Waals surface area contributed by atoms with Gasteiger partial charge in [0.2, 0.25) is 0 Å². The zero-order valence-electron chi connectivity index (χ0n) is 15.9. The summed E-state index contributed by atoms with van der Waals surface area (Å²) in [7, 11) is 0. The lowest BCUT2D eigenvalue weighted by Gasteiger charge is -2.08. The Labute approximate surface area is 168 Å². The molecule has 0 unspecified atom stereocenters. The first-order valence-corrected chi connectivity index (χ1v) is 12.1. The van der Waals surface area contributed by atoms with Crippen LogP contribution < -0.4 is 5.73 Å². The highest BCUT2D eigenvalue weighted by Gasteiger charge is 2.06. The Morgan fingerprint density at radius 1 is 0.840 bits per heavy atom. The van der Waals surface area contributed by atoms with E-state index in [9.17, 15) is 0 Å². The van der Waals surface area contributed by atoms with E-state index < -0.39 is 0 Å². The predicted octanol–water partition coefficient (Wildman–Crippen LogP) is 6.84. The number of pyridine rings is 1. The second kappa shape index (κ2) is 14.9. The van der Waals surface area contributed by atoms with Crippen LogP contribution in [0.15, 0.2) is 22.2 Å². The molecular weight excluding hydrogens is 364 g/mol. The van der Waals surface area contributed by atoms with Crippen LogP contribution in [0, 0.1) is 0 Å². The minimum absolute atomic E-state index is 0.469. The molecule has 0 aliphatic heterocycles. The van der Waals surface area contributed by atoms with E-state index in [0.29, 0.717) is 4.99 Å². The maximum Gasteiger partial charge on any atom is 0.104 e. The van der Waals surface area contributed by atoms with E-state index in [4.69, 9.17) is 22.9 Å². The normalized spacial score (nSPS) is 11.0. The smallest absolute Gasteiger partial charge is 0.104 e. The van der Waals surface area contributed by atoms with Crippen LogP contribution in [0.5, 0.6) is 0 Å². The predicted molar refractivity (Wildman–Crippen MR) is 119 cm³/mol. The van der Waals surface area contributed by atoms with Crippen molar-refractivity contribution in [2.45, 2.75) is 88.1 Å². The molecule has 0 spiro atoms. The van der Waals surface area contributed by atoms with E-state index in [1.54, 1.807) is 0 Å². The number of hydrogen-bond acceptors (Lipinski definition) is 4. The van der Waals surface area contributed by atoms with Crippen LogP contribution in [-0.4, -0.2) is 21.5 Å². The molecular formula is C20H34N2S3. The molecule has 142 valence electrons. The minimum Gasteiger partial charge on any atom is -0.389 e. The Kier molecular flexibility index (Phi) is 13.5. The summed E-state index contributed by atoms with van der Waals surface area (Å²) in [5.41, 5.74) is 6.81. The van der Waals surface area contributed by atoms with Gasteiger partial charge in [0.1, 0.15) is 4.99 Å². The molecule has 1 aromatic heterocycles. The van der Waals surface area contributed by atoms with Gasteiger partial charge in [0.05, 0.1) is 10.1 Å². The van der Waals surface area contributed by atoms with Crippen molar-refractivity contribution >= 4 is 40.7 Å². The van der Waals surface area contributed by atoms with Crippen LogP contribution in [0.2, 0.25) is 0 Å². The molecule has 0 saturated carbocycles. The zero-order valence-corrected chi connectivity index (χ0v) is 18.3. The molecule has 2 N–H and O–H groups in total. The molecule has 0 fully saturated rings. The summed E-state index contributed by atoms with van der Waals surface area (Å²) in [5, 5.41) is 2.13. The fraction of sp³-hybridized carbons (Fsp3) is 0.700.